The standard InChI is InChI=1S/C18H32N.ClH/c1-4-7-15-19(16-8-5-2,17-9-6-3)18-13-11-10-12-14-18;/h10-14H,4-9,15-17H2,1-3H3;1H/q+1;/p-1. The zero-order valence-corrected chi connectivity index (χ0v) is 14.3. The summed E-state index contributed by atoms with van der Waals surface area (Å²) in [4.78, 5) is 0. The Morgan fingerprint density at radius 1 is 0.700 bits per heavy atom. The largest absolute Gasteiger partial charge is 1.00 e. The molecular formula is C18H32ClN. The van der Waals surface area contributed by atoms with Gasteiger partial charge in [-0.25, -0.2) is 0 Å². The number of nitrogens with zero attached hydrogens (tertiary/aromatic N) is 1. The third-order valence-electron chi connectivity index (χ3n) is 4.12. The van der Waals surface area contributed by atoms with E-state index >= 15 is 0 Å². The first-order valence-electron chi connectivity index (χ1n) is 8.20. The molecule has 0 aliphatic carbocycles. The third-order valence-corrected chi connectivity index (χ3v) is 4.12. The van der Waals surface area contributed by atoms with Gasteiger partial charge in [0.15, 0.2) is 0 Å². The summed E-state index contributed by atoms with van der Waals surface area (Å²) in [5.74, 6) is 0. The Hall–Kier alpha value is -0.530. The summed E-state index contributed by atoms with van der Waals surface area (Å²) in [5, 5.41) is 0. The van der Waals surface area contributed by atoms with E-state index in [0.717, 1.165) is 0 Å². The van der Waals surface area contributed by atoms with Gasteiger partial charge < -0.3 is 12.4 Å². The van der Waals surface area contributed by atoms with Crippen molar-refractivity contribution in [3.63, 3.8) is 0 Å². The molecule has 0 aliphatic heterocycles. The highest BCUT2D eigenvalue weighted by atomic mass is 35.5. The van der Waals surface area contributed by atoms with Gasteiger partial charge in [-0.1, -0.05) is 58.2 Å². The van der Waals surface area contributed by atoms with Gasteiger partial charge in [0.25, 0.3) is 0 Å². The zero-order chi connectivity index (χ0) is 14.0. The van der Waals surface area contributed by atoms with Gasteiger partial charge in [0.05, 0.1) is 19.6 Å². The summed E-state index contributed by atoms with van der Waals surface area (Å²) in [6.45, 7) is 10.8. The van der Waals surface area contributed by atoms with Crippen molar-refractivity contribution in [1.82, 2.24) is 4.48 Å². The van der Waals surface area contributed by atoms with Crippen molar-refractivity contribution in [2.24, 2.45) is 0 Å². The number of rotatable bonds is 10. The summed E-state index contributed by atoms with van der Waals surface area (Å²) in [6.07, 6.45) is 7.90. The first-order chi connectivity index (χ1) is 9.29. The molecule has 0 saturated heterocycles. The lowest BCUT2D eigenvalue weighted by Crippen LogP contribution is -3.00. The van der Waals surface area contributed by atoms with Gasteiger partial charge in [0, 0.05) is 0 Å². The van der Waals surface area contributed by atoms with E-state index in [0.29, 0.717) is 0 Å². The van der Waals surface area contributed by atoms with Gasteiger partial charge in [0.1, 0.15) is 5.69 Å². The quantitative estimate of drug-likeness (QED) is 0.582. The lowest BCUT2D eigenvalue weighted by atomic mass is 10.1. The van der Waals surface area contributed by atoms with Crippen LogP contribution in [0.2, 0.25) is 0 Å². The molecule has 1 aromatic rings. The van der Waals surface area contributed by atoms with Crippen LogP contribution >= 0.6 is 0 Å². The average Bonchev–Trinajstić information content (AvgIpc) is 2.48. The topological polar surface area (TPSA) is 0 Å². The molecule has 0 aromatic heterocycles. The first kappa shape index (κ1) is 19.5. The Morgan fingerprint density at radius 3 is 1.45 bits per heavy atom. The number of halogens is 1. The first-order valence-corrected chi connectivity index (χ1v) is 8.20. The predicted octanol–water partition coefficient (Wildman–Crippen LogP) is 2.40. The molecule has 0 unspecified atom stereocenters. The summed E-state index contributed by atoms with van der Waals surface area (Å²) < 4.78 is 1.20. The number of quaternary nitrogens is 1. The summed E-state index contributed by atoms with van der Waals surface area (Å²) in [6, 6.07) is 11.2. The zero-order valence-electron chi connectivity index (χ0n) is 13.6. The minimum atomic E-state index is 0. The van der Waals surface area contributed by atoms with Crippen LogP contribution in [0.25, 0.3) is 0 Å². The molecule has 0 aliphatic rings. The van der Waals surface area contributed by atoms with E-state index in [9.17, 15) is 0 Å². The highest BCUT2D eigenvalue weighted by Gasteiger charge is 2.28. The Labute approximate surface area is 132 Å². The molecule has 0 bridgehead atoms. The SMILES string of the molecule is CCCC[N+](CCCC)(CCCC)c1ccccc1.[Cl-]. The van der Waals surface area contributed by atoms with E-state index in [1.54, 1.807) is 0 Å². The Balaban J connectivity index is 0.00000361. The summed E-state index contributed by atoms with van der Waals surface area (Å²) in [5.41, 5.74) is 1.53. The maximum absolute atomic E-state index is 2.33. The highest BCUT2D eigenvalue weighted by molar-refractivity contribution is 5.42. The lowest BCUT2D eigenvalue weighted by molar-refractivity contribution is -0.00000419. The van der Waals surface area contributed by atoms with Crippen LogP contribution in [-0.2, 0) is 0 Å². The number of hydrogen-bond acceptors (Lipinski definition) is 0. The van der Waals surface area contributed by atoms with Gasteiger partial charge in [-0.3, -0.25) is 4.48 Å². The van der Waals surface area contributed by atoms with Crippen molar-refractivity contribution in [3.8, 4) is 0 Å². The summed E-state index contributed by atoms with van der Waals surface area (Å²) in [7, 11) is 0. The molecule has 2 heteroatoms. The molecule has 20 heavy (non-hydrogen) atoms. The molecular weight excluding hydrogens is 266 g/mol. The molecule has 1 nitrogen and oxygen atoms in total. The maximum Gasteiger partial charge on any atom is 0.132 e. The molecule has 0 amide bonds. The van der Waals surface area contributed by atoms with E-state index in [2.05, 4.69) is 51.1 Å². The molecule has 0 heterocycles. The minimum Gasteiger partial charge on any atom is -1.00 e. The second-order valence-corrected chi connectivity index (χ2v) is 5.71. The molecule has 0 fully saturated rings. The van der Waals surface area contributed by atoms with Crippen LogP contribution in [0.5, 0.6) is 0 Å². The van der Waals surface area contributed by atoms with E-state index < -0.39 is 0 Å². The predicted molar refractivity (Wildman–Crippen MR) is 87.6 cm³/mol. The lowest BCUT2D eigenvalue weighted by Gasteiger charge is -2.38. The van der Waals surface area contributed by atoms with Crippen molar-refractivity contribution in [2.45, 2.75) is 59.3 Å². The molecule has 0 radical (unpaired) electrons. The van der Waals surface area contributed by atoms with Crippen LogP contribution in [0.3, 0.4) is 0 Å². The number of hydrogen-bond donors (Lipinski definition) is 0. The van der Waals surface area contributed by atoms with Gasteiger partial charge in [-0.05, 0) is 31.4 Å². The fourth-order valence-electron chi connectivity index (χ4n) is 2.85. The molecule has 0 spiro atoms. The van der Waals surface area contributed by atoms with E-state index in [4.69, 9.17) is 0 Å². The van der Waals surface area contributed by atoms with Crippen molar-refractivity contribution < 1.29 is 12.4 Å². The molecule has 116 valence electrons. The van der Waals surface area contributed by atoms with Gasteiger partial charge in [0.2, 0.25) is 0 Å². The molecule has 0 atom stereocenters. The summed E-state index contributed by atoms with van der Waals surface area (Å²) >= 11 is 0. The van der Waals surface area contributed by atoms with Crippen LogP contribution in [-0.4, -0.2) is 19.6 Å². The van der Waals surface area contributed by atoms with Gasteiger partial charge >= 0.3 is 0 Å². The third kappa shape index (κ3) is 5.85. The van der Waals surface area contributed by atoms with Crippen LogP contribution in [0.15, 0.2) is 30.3 Å². The number of para-hydroxylation sites is 1. The van der Waals surface area contributed by atoms with Crippen LogP contribution < -0.4 is 16.9 Å². The number of benzene rings is 1. The van der Waals surface area contributed by atoms with E-state index in [1.807, 2.05) is 0 Å². The fraction of sp³-hybridized carbons (Fsp3) is 0.667. The molecule has 0 N–H and O–H groups in total. The van der Waals surface area contributed by atoms with Crippen molar-refractivity contribution >= 4 is 5.69 Å². The molecule has 1 aromatic carbocycles. The molecule has 1 rings (SSSR count). The Morgan fingerprint density at radius 2 is 1.10 bits per heavy atom. The highest BCUT2D eigenvalue weighted by Crippen LogP contribution is 2.26. The second-order valence-electron chi connectivity index (χ2n) is 5.71. The van der Waals surface area contributed by atoms with Gasteiger partial charge in [-0.2, -0.15) is 0 Å². The average molecular weight is 298 g/mol. The van der Waals surface area contributed by atoms with Crippen molar-refractivity contribution in [3.05, 3.63) is 30.3 Å². The number of unbranched alkanes of at least 4 members (excludes halogenated alkanes) is 3. The Bertz CT molecular complexity index is 302. The van der Waals surface area contributed by atoms with Crippen LogP contribution in [0, 0.1) is 0 Å². The van der Waals surface area contributed by atoms with Crippen molar-refractivity contribution in [1.29, 1.82) is 0 Å². The van der Waals surface area contributed by atoms with Gasteiger partial charge in [-0.15, -0.1) is 0 Å². The monoisotopic (exact) mass is 297 g/mol. The van der Waals surface area contributed by atoms with Crippen LogP contribution in [0.4, 0.5) is 5.69 Å². The minimum absolute atomic E-state index is 0. The normalized spacial score (nSPS) is 11.2. The van der Waals surface area contributed by atoms with E-state index in [1.165, 1.54) is 68.3 Å². The fourth-order valence-corrected chi connectivity index (χ4v) is 2.85. The molecule has 0 saturated carbocycles. The van der Waals surface area contributed by atoms with E-state index in [-0.39, 0.29) is 12.4 Å². The van der Waals surface area contributed by atoms with Crippen LogP contribution in [0.1, 0.15) is 59.3 Å². The Kier molecular flexibility index (Phi) is 10.9. The second kappa shape index (κ2) is 11.2. The van der Waals surface area contributed by atoms with Crippen molar-refractivity contribution in [2.75, 3.05) is 19.6 Å². The maximum atomic E-state index is 2.33. The smallest absolute Gasteiger partial charge is 0.132 e.